The Balaban J connectivity index is 2.87. The molecular weight excluding hydrogens is 251 g/mol. The van der Waals surface area contributed by atoms with Gasteiger partial charge in [0.25, 0.3) is 0 Å². The van der Waals surface area contributed by atoms with Gasteiger partial charge in [-0.2, -0.15) is 0 Å². The summed E-state index contributed by atoms with van der Waals surface area (Å²) in [4.78, 5) is 11.4. The molecular formula is C11H12Cl2O3. The number of carbonyl (C=O) groups excluding carboxylic acids is 1. The van der Waals surface area contributed by atoms with E-state index >= 15 is 0 Å². The smallest absolute Gasteiger partial charge is 0.345 e. The van der Waals surface area contributed by atoms with Gasteiger partial charge in [-0.25, -0.2) is 4.79 Å². The van der Waals surface area contributed by atoms with Crippen LogP contribution in [0.5, 0.6) is 0 Å². The molecule has 88 valence electrons. The molecule has 5 heteroatoms. The van der Waals surface area contributed by atoms with Crippen LogP contribution in [-0.4, -0.2) is 22.0 Å². The zero-order valence-electron chi connectivity index (χ0n) is 8.69. The summed E-state index contributed by atoms with van der Waals surface area (Å²) in [5, 5.41) is 9.88. The molecule has 0 aliphatic heterocycles. The highest BCUT2D eigenvalue weighted by molar-refractivity contribution is 6.58. The first-order valence-electron chi connectivity index (χ1n) is 4.78. The van der Waals surface area contributed by atoms with E-state index in [2.05, 4.69) is 4.74 Å². The van der Waals surface area contributed by atoms with Crippen molar-refractivity contribution in [1.29, 1.82) is 0 Å². The van der Waals surface area contributed by atoms with Crippen LogP contribution in [0.2, 0.25) is 0 Å². The van der Waals surface area contributed by atoms with Crippen LogP contribution in [0, 0.1) is 0 Å². The molecule has 1 aromatic rings. The highest BCUT2D eigenvalue weighted by atomic mass is 35.5. The Bertz CT molecular complexity index is 352. The molecule has 1 aromatic carbocycles. The lowest BCUT2D eigenvalue weighted by Gasteiger charge is -2.23. The fourth-order valence-electron chi connectivity index (χ4n) is 1.18. The zero-order chi connectivity index (χ0) is 12.2. The van der Waals surface area contributed by atoms with E-state index in [0.29, 0.717) is 5.56 Å². The lowest BCUT2D eigenvalue weighted by atomic mass is 10.1. The summed E-state index contributed by atoms with van der Waals surface area (Å²) >= 11 is 11.6. The van der Waals surface area contributed by atoms with Gasteiger partial charge in [0.2, 0.25) is 4.33 Å². The Labute approximate surface area is 104 Å². The minimum atomic E-state index is -1.99. The third kappa shape index (κ3) is 2.88. The fourth-order valence-corrected chi connectivity index (χ4v) is 1.54. The Morgan fingerprint density at radius 2 is 2.00 bits per heavy atom. The normalized spacial score (nSPS) is 13.2. The van der Waals surface area contributed by atoms with Crippen molar-refractivity contribution in [1.82, 2.24) is 0 Å². The van der Waals surface area contributed by atoms with Crippen LogP contribution < -0.4 is 0 Å². The third-order valence-corrected chi connectivity index (χ3v) is 2.73. The number of halogens is 2. The van der Waals surface area contributed by atoms with Gasteiger partial charge in [0.1, 0.15) is 6.10 Å². The fraction of sp³-hybridized carbons (Fsp3) is 0.364. The highest BCUT2D eigenvalue weighted by Crippen LogP contribution is 2.37. The molecule has 16 heavy (non-hydrogen) atoms. The van der Waals surface area contributed by atoms with Gasteiger partial charge in [-0.1, -0.05) is 53.5 Å². The van der Waals surface area contributed by atoms with Gasteiger partial charge in [0, 0.05) is 0 Å². The number of alkyl halides is 2. The van der Waals surface area contributed by atoms with Gasteiger partial charge in [0.15, 0.2) is 0 Å². The Kier molecular flexibility index (Phi) is 4.59. The standard InChI is InChI=1S/C11H12Cl2O3/c1-2-16-10(15)11(12,13)9(14)8-6-4-3-5-7-8/h3-7,9,14H,2H2,1H3. The van der Waals surface area contributed by atoms with Gasteiger partial charge in [-0.15, -0.1) is 0 Å². The Morgan fingerprint density at radius 1 is 1.44 bits per heavy atom. The van der Waals surface area contributed by atoms with Crippen LogP contribution in [-0.2, 0) is 9.53 Å². The first-order chi connectivity index (χ1) is 7.50. The van der Waals surface area contributed by atoms with E-state index in [0.717, 1.165) is 0 Å². The largest absolute Gasteiger partial charge is 0.464 e. The first kappa shape index (κ1) is 13.3. The molecule has 0 aliphatic rings. The molecule has 3 nitrogen and oxygen atoms in total. The van der Waals surface area contributed by atoms with Gasteiger partial charge in [0.05, 0.1) is 6.61 Å². The second-order valence-electron chi connectivity index (χ2n) is 3.16. The number of aliphatic hydroxyl groups excluding tert-OH is 1. The van der Waals surface area contributed by atoms with Crippen LogP contribution in [0.4, 0.5) is 0 Å². The molecule has 0 bridgehead atoms. The molecule has 0 heterocycles. The molecule has 0 aromatic heterocycles. The van der Waals surface area contributed by atoms with Crippen molar-refractivity contribution >= 4 is 29.2 Å². The molecule has 0 saturated carbocycles. The van der Waals surface area contributed by atoms with Crippen molar-refractivity contribution in [3.63, 3.8) is 0 Å². The van der Waals surface area contributed by atoms with Crippen LogP contribution in [0.3, 0.4) is 0 Å². The Hall–Kier alpha value is -0.770. The van der Waals surface area contributed by atoms with Crippen LogP contribution >= 0.6 is 23.2 Å². The van der Waals surface area contributed by atoms with Crippen molar-refractivity contribution in [3.8, 4) is 0 Å². The maximum Gasteiger partial charge on any atom is 0.345 e. The van der Waals surface area contributed by atoms with E-state index in [1.165, 1.54) is 0 Å². The second kappa shape index (κ2) is 5.53. The molecule has 0 spiro atoms. The van der Waals surface area contributed by atoms with Crippen LogP contribution in [0.1, 0.15) is 18.6 Å². The minimum Gasteiger partial charge on any atom is -0.464 e. The maximum atomic E-state index is 11.4. The van der Waals surface area contributed by atoms with Crippen molar-refractivity contribution in [2.24, 2.45) is 0 Å². The molecule has 1 unspecified atom stereocenters. The average molecular weight is 263 g/mol. The van der Waals surface area contributed by atoms with E-state index in [1.54, 1.807) is 37.3 Å². The maximum absolute atomic E-state index is 11.4. The van der Waals surface area contributed by atoms with E-state index in [9.17, 15) is 9.90 Å². The lowest BCUT2D eigenvalue weighted by Crippen LogP contribution is -2.35. The SMILES string of the molecule is CCOC(=O)C(Cl)(Cl)C(O)c1ccccc1. The molecule has 0 amide bonds. The number of esters is 1. The summed E-state index contributed by atoms with van der Waals surface area (Å²) < 4.78 is 2.70. The molecule has 0 aliphatic carbocycles. The van der Waals surface area contributed by atoms with E-state index < -0.39 is 16.4 Å². The number of hydrogen-bond acceptors (Lipinski definition) is 3. The lowest BCUT2D eigenvalue weighted by molar-refractivity contribution is -0.146. The summed E-state index contributed by atoms with van der Waals surface area (Å²) in [5.41, 5.74) is 0.459. The monoisotopic (exact) mass is 262 g/mol. The van der Waals surface area contributed by atoms with Crippen molar-refractivity contribution in [2.75, 3.05) is 6.61 Å². The van der Waals surface area contributed by atoms with E-state index in [4.69, 9.17) is 23.2 Å². The highest BCUT2D eigenvalue weighted by Gasteiger charge is 2.44. The number of benzene rings is 1. The average Bonchev–Trinajstić information content (AvgIpc) is 2.29. The van der Waals surface area contributed by atoms with Gasteiger partial charge >= 0.3 is 5.97 Å². The van der Waals surface area contributed by atoms with Crippen molar-refractivity contribution in [3.05, 3.63) is 35.9 Å². The number of hydrogen-bond donors (Lipinski definition) is 1. The van der Waals surface area contributed by atoms with E-state index in [1.807, 2.05) is 0 Å². The summed E-state index contributed by atoms with van der Waals surface area (Å²) in [7, 11) is 0. The van der Waals surface area contributed by atoms with Crippen molar-refractivity contribution < 1.29 is 14.6 Å². The Morgan fingerprint density at radius 3 is 2.50 bits per heavy atom. The summed E-state index contributed by atoms with van der Waals surface area (Å²) in [6.45, 7) is 1.79. The van der Waals surface area contributed by atoms with Gasteiger partial charge in [-0.3, -0.25) is 0 Å². The number of rotatable bonds is 4. The summed E-state index contributed by atoms with van der Waals surface area (Å²) in [6, 6.07) is 8.47. The number of aliphatic hydroxyl groups is 1. The quantitative estimate of drug-likeness (QED) is 0.670. The first-order valence-corrected chi connectivity index (χ1v) is 5.53. The zero-order valence-corrected chi connectivity index (χ0v) is 10.2. The molecule has 0 saturated heterocycles. The van der Waals surface area contributed by atoms with Crippen LogP contribution in [0.15, 0.2) is 30.3 Å². The molecule has 1 rings (SSSR count). The van der Waals surface area contributed by atoms with Crippen molar-refractivity contribution in [2.45, 2.75) is 17.4 Å². The van der Waals surface area contributed by atoms with Crippen LogP contribution in [0.25, 0.3) is 0 Å². The van der Waals surface area contributed by atoms with Gasteiger partial charge < -0.3 is 9.84 Å². The topological polar surface area (TPSA) is 46.5 Å². The second-order valence-corrected chi connectivity index (χ2v) is 4.54. The number of ether oxygens (including phenoxy) is 1. The van der Waals surface area contributed by atoms with E-state index in [-0.39, 0.29) is 6.61 Å². The summed E-state index contributed by atoms with van der Waals surface area (Å²) in [6.07, 6.45) is -1.32. The predicted molar refractivity (Wildman–Crippen MR) is 62.5 cm³/mol. The van der Waals surface area contributed by atoms with Gasteiger partial charge in [-0.05, 0) is 12.5 Å². The third-order valence-electron chi connectivity index (χ3n) is 2.01. The molecule has 0 fully saturated rings. The predicted octanol–water partition coefficient (Wildman–Crippen LogP) is 2.46. The molecule has 1 N–H and O–H groups in total. The number of carbonyl (C=O) groups is 1. The minimum absolute atomic E-state index is 0.154. The summed E-state index contributed by atoms with van der Waals surface area (Å²) in [5.74, 6) is -0.852. The molecule has 1 atom stereocenters. The molecule has 0 radical (unpaired) electrons.